The van der Waals surface area contributed by atoms with Crippen molar-refractivity contribution in [2.24, 2.45) is 4.99 Å². The van der Waals surface area contributed by atoms with E-state index in [-0.39, 0.29) is 5.82 Å². The van der Waals surface area contributed by atoms with Crippen LogP contribution in [0.5, 0.6) is 0 Å². The molecule has 0 amide bonds. The lowest BCUT2D eigenvalue weighted by Gasteiger charge is -2.10. The zero-order chi connectivity index (χ0) is 21.5. The summed E-state index contributed by atoms with van der Waals surface area (Å²) in [6, 6.07) is 10.3. The summed E-state index contributed by atoms with van der Waals surface area (Å²) in [5, 5.41) is 11.6. The minimum absolute atomic E-state index is 0.241. The second-order valence-corrected chi connectivity index (χ2v) is 6.92. The molecule has 4 aromatic rings. The largest absolute Gasteiger partial charge is 0.361 e. The third-order valence-corrected chi connectivity index (χ3v) is 4.72. The van der Waals surface area contributed by atoms with Crippen molar-refractivity contribution in [2.75, 3.05) is 19.6 Å². The topological polar surface area (TPSA) is 104 Å². The quantitative estimate of drug-likeness (QED) is 0.298. The van der Waals surface area contributed by atoms with Crippen LogP contribution in [-0.4, -0.2) is 45.7 Å². The summed E-state index contributed by atoms with van der Waals surface area (Å²) in [6.07, 6.45) is 4.95. The molecule has 0 saturated heterocycles. The van der Waals surface area contributed by atoms with Gasteiger partial charge in [-0.3, -0.25) is 9.98 Å². The van der Waals surface area contributed by atoms with Gasteiger partial charge in [0.15, 0.2) is 11.8 Å². The number of benzene rings is 1. The first-order valence-electron chi connectivity index (χ1n) is 10.2. The fourth-order valence-corrected chi connectivity index (χ4v) is 3.24. The van der Waals surface area contributed by atoms with E-state index in [0.29, 0.717) is 36.9 Å². The van der Waals surface area contributed by atoms with E-state index in [1.165, 1.54) is 12.1 Å². The Bertz CT molecular complexity index is 1150. The van der Waals surface area contributed by atoms with Crippen molar-refractivity contribution < 1.29 is 8.91 Å². The Hall–Kier alpha value is -3.75. The summed E-state index contributed by atoms with van der Waals surface area (Å²) in [7, 11) is 0. The second-order valence-electron chi connectivity index (χ2n) is 6.92. The minimum Gasteiger partial charge on any atom is -0.361 e. The van der Waals surface area contributed by atoms with Crippen molar-refractivity contribution >= 4 is 16.9 Å². The van der Waals surface area contributed by atoms with Crippen LogP contribution >= 0.6 is 0 Å². The number of nitrogens with zero attached hydrogens (tertiary/aromatic N) is 4. The third kappa shape index (κ3) is 5.25. The van der Waals surface area contributed by atoms with Gasteiger partial charge in [0.2, 0.25) is 0 Å². The molecule has 0 fully saturated rings. The van der Waals surface area contributed by atoms with Crippen molar-refractivity contribution in [1.29, 1.82) is 0 Å². The second kappa shape index (κ2) is 9.84. The molecule has 3 N–H and O–H groups in total. The Morgan fingerprint density at radius 2 is 2.13 bits per heavy atom. The first kappa shape index (κ1) is 20.5. The molecule has 0 radical (unpaired) electrons. The van der Waals surface area contributed by atoms with Crippen molar-refractivity contribution in [3.05, 3.63) is 66.0 Å². The Morgan fingerprint density at radius 1 is 1.19 bits per heavy atom. The summed E-state index contributed by atoms with van der Waals surface area (Å²) in [5.74, 6) is 1.48. The molecule has 8 nitrogen and oxygen atoms in total. The number of halogens is 1. The number of H-pyrrole nitrogens is 1. The number of aliphatic imine (C=N–C) groups is 1. The Labute approximate surface area is 179 Å². The van der Waals surface area contributed by atoms with Crippen LogP contribution in [0, 0.1) is 5.82 Å². The van der Waals surface area contributed by atoms with Gasteiger partial charge in [-0.25, -0.2) is 4.39 Å². The van der Waals surface area contributed by atoms with Crippen LogP contribution < -0.4 is 10.6 Å². The molecule has 9 heteroatoms. The number of hydrogen-bond acceptors (Lipinski definition) is 5. The van der Waals surface area contributed by atoms with E-state index in [9.17, 15) is 4.39 Å². The maximum atomic E-state index is 13.3. The van der Waals surface area contributed by atoms with Gasteiger partial charge in [0.05, 0.1) is 0 Å². The number of nitrogens with one attached hydrogen (secondary N) is 3. The molecule has 160 valence electrons. The van der Waals surface area contributed by atoms with E-state index in [1.54, 1.807) is 12.3 Å². The van der Waals surface area contributed by atoms with Crippen molar-refractivity contribution in [2.45, 2.75) is 19.8 Å². The number of guanidine groups is 1. The highest BCUT2D eigenvalue weighted by Crippen LogP contribution is 2.19. The zero-order valence-corrected chi connectivity index (χ0v) is 17.2. The molecule has 0 aliphatic carbocycles. The van der Waals surface area contributed by atoms with E-state index >= 15 is 0 Å². The van der Waals surface area contributed by atoms with Crippen LogP contribution in [-0.2, 0) is 12.8 Å². The molecule has 3 aromatic heterocycles. The lowest BCUT2D eigenvalue weighted by atomic mass is 10.1. The molecule has 0 spiro atoms. The summed E-state index contributed by atoms with van der Waals surface area (Å²) in [6.45, 7) is 3.99. The highest BCUT2D eigenvalue weighted by atomic mass is 19.1. The monoisotopic (exact) mass is 421 g/mol. The summed E-state index contributed by atoms with van der Waals surface area (Å²) in [5.41, 5.74) is 2.59. The number of hydrogen-bond donors (Lipinski definition) is 3. The molecule has 0 bridgehead atoms. The average Bonchev–Trinajstić information content (AvgIpc) is 3.41. The van der Waals surface area contributed by atoms with Crippen LogP contribution in [0.2, 0.25) is 0 Å². The predicted octanol–water partition coefficient (Wildman–Crippen LogP) is 3.09. The van der Waals surface area contributed by atoms with Gasteiger partial charge in [0.25, 0.3) is 5.89 Å². The van der Waals surface area contributed by atoms with Crippen LogP contribution in [0.25, 0.3) is 22.5 Å². The van der Waals surface area contributed by atoms with Crippen LogP contribution in [0.4, 0.5) is 4.39 Å². The van der Waals surface area contributed by atoms with Crippen molar-refractivity contribution in [3.8, 4) is 11.6 Å². The Balaban J connectivity index is 1.30. The summed E-state index contributed by atoms with van der Waals surface area (Å²) >= 11 is 0. The van der Waals surface area contributed by atoms with Crippen molar-refractivity contribution in [3.63, 3.8) is 0 Å². The zero-order valence-electron chi connectivity index (χ0n) is 17.2. The van der Waals surface area contributed by atoms with Gasteiger partial charge in [0, 0.05) is 49.4 Å². The Morgan fingerprint density at radius 3 is 2.97 bits per heavy atom. The predicted molar refractivity (Wildman–Crippen MR) is 117 cm³/mol. The SMILES string of the molecule is CCNC(=NCCc1noc(-c2ccccn2)n1)NCCc1c[nH]c2cc(F)ccc12. The molecular formula is C22H24FN7O. The van der Waals surface area contributed by atoms with Crippen molar-refractivity contribution in [1.82, 2.24) is 30.7 Å². The highest BCUT2D eigenvalue weighted by Gasteiger charge is 2.09. The molecular weight excluding hydrogens is 397 g/mol. The average molecular weight is 421 g/mol. The smallest absolute Gasteiger partial charge is 0.276 e. The maximum absolute atomic E-state index is 13.3. The molecule has 0 saturated carbocycles. The van der Waals surface area contributed by atoms with E-state index in [2.05, 4.69) is 35.7 Å². The van der Waals surface area contributed by atoms with Gasteiger partial charge in [-0.2, -0.15) is 4.98 Å². The molecule has 0 unspecified atom stereocenters. The normalized spacial score (nSPS) is 11.7. The molecule has 31 heavy (non-hydrogen) atoms. The third-order valence-electron chi connectivity index (χ3n) is 4.72. The van der Waals surface area contributed by atoms with E-state index < -0.39 is 0 Å². The van der Waals surface area contributed by atoms with Crippen LogP contribution in [0.1, 0.15) is 18.3 Å². The van der Waals surface area contributed by atoms with Crippen LogP contribution in [0.3, 0.4) is 0 Å². The molecule has 0 aliphatic heterocycles. The summed E-state index contributed by atoms with van der Waals surface area (Å²) in [4.78, 5) is 16.3. The highest BCUT2D eigenvalue weighted by molar-refractivity contribution is 5.83. The van der Waals surface area contributed by atoms with Gasteiger partial charge >= 0.3 is 0 Å². The maximum Gasteiger partial charge on any atom is 0.276 e. The van der Waals surface area contributed by atoms with E-state index in [0.717, 1.165) is 35.4 Å². The number of fused-ring (bicyclic) bond motifs is 1. The number of aromatic nitrogens is 4. The molecule has 1 aromatic carbocycles. The fraction of sp³-hybridized carbons (Fsp3) is 0.273. The first-order chi connectivity index (χ1) is 15.2. The summed E-state index contributed by atoms with van der Waals surface area (Å²) < 4.78 is 18.6. The van der Waals surface area contributed by atoms with Crippen LogP contribution in [0.15, 0.2) is 58.3 Å². The molecule has 0 atom stereocenters. The first-order valence-corrected chi connectivity index (χ1v) is 10.2. The standard InChI is InChI=1S/C22H24FN7O/c1-2-24-22(26-11-8-15-14-28-19-13-16(23)6-7-17(15)19)27-12-9-20-29-21(31-30-20)18-5-3-4-10-25-18/h3-7,10,13-14,28H,2,8-9,11-12H2,1H3,(H2,24,26,27). The number of rotatable bonds is 8. The van der Waals surface area contributed by atoms with Gasteiger partial charge < -0.3 is 20.1 Å². The van der Waals surface area contributed by atoms with Gasteiger partial charge in [-0.1, -0.05) is 11.2 Å². The molecule has 0 aliphatic rings. The Kier molecular flexibility index (Phi) is 6.51. The van der Waals surface area contributed by atoms with E-state index in [1.807, 2.05) is 31.3 Å². The lowest BCUT2D eigenvalue weighted by molar-refractivity contribution is 0.421. The van der Waals surface area contributed by atoms with E-state index in [4.69, 9.17) is 4.52 Å². The molecule has 3 heterocycles. The fourth-order valence-electron chi connectivity index (χ4n) is 3.24. The van der Waals surface area contributed by atoms with Gasteiger partial charge in [-0.05, 0) is 49.2 Å². The number of pyridine rings is 1. The lowest BCUT2D eigenvalue weighted by Crippen LogP contribution is -2.38. The van der Waals surface area contributed by atoms with Gasteiger partial charge in [0.1, 0.15) is 11.5 Å². The van der Waals surface area contributed by atoms with Gasteiger partial charge in [-0.15, -0.1) is 0 Å². The molecule has 4 rings (SSSR count). The minimum atomic E-state index is -0.241. The number of aromatic amines is 1.